The number of para-hydroxylation sites is 2. The van der Waals surface area contributed by atoms with Gasteiger partial charge in [-0.25, -0.2) is 8.42 Å². The Bertz CT molecular complexity index is 1500. The van der Waals surface area contributed by atoms with Crippen LogP contribution >= 0.6 is 0 Å². The summed E-state index contributed by atoms with van der Waals surface area (Å²) in [5, 5.41) is 4.20. The fourth-order valence-electron chi connectivity index (χ4n) is 4.68. The lowest BCUT2D eigenvalue weighted by atomic mass is 9.98. The summed E-state index contributed by atoms with van der Waals surface area (Å²) in [6.45, 7) is 5.79. The molecule has 0 bridgehead atoms. The first-order valence-corrected chi connectivity index (χ1v) is 15.7. The fraction of sp³-hybridized carbons (Fsp3) is 0.344. The molecule has 0 aliphatic heterocycles. The first kappa shape index (κ1) is 31.7. The number of aromatic nitrogens is 1. The molecule has 0 spiro atoms. The number of ether oxygens (including phenoxy) is 2. The number of methoxy groups -OCH3 is 1. The average molecular weight is 580 g/mol. The highest BCUT2D eigenvalue weighted by atomic mass is 32.2. The number of aromatic amines is 1. The van der Waals surface area contributed by atoms with Crippen LogP contribution in [0.1, 0.15) is 25.0 Å². The van der Waals surface area contributed by atoms with Crippen LogP contribution in [0.4, 0.5) is 0 Å². The number of sulfone groups is 1. The second-order valence-corrected chi connectivity index (χ2v) is 11.8. The number of rotatable bonds is 13. The summed E-state index contributed by atoms with van der Waals surface area (Å²) in [4.78, 5) is 18.4. The van der Waals surface area contributed by atoms with Gasteiger partial charge in [0.25, 0.3) is 5.91 Å². The Hall–Kier alpha value is -3.82. The lowest BCUT2D eigenvalue weighted by molar-refractivity contribution is -0.123. The fourth-order valence-corrected chi connectivity index (χ4v) is 5.31. The molecule has 3 aromatic carbocycles. The first-order valence-electron chi connectivity index (χ1n) is 13.8. The molecule has 8 nitrogen and oxygen atoms in total. The van der Waals surface area contributed by atoms with Crippen LogP contribution in [0.2, 0.25) is 0 Å². The van der Waals surface area contributed by atoms with Gasteiger partial charge in [-0.15, -0.1) is 0 Å². The molecule has 1 amide bonds. The van der Waals surface area contributed by atoms with Crippen LogP contribution in [0.25, 0.3) is 10.9 Å². The minimum Gasteiger partial charge on any atom is -0.496 e. The molecular formula is C32H41N3O5S. The SMILES string of the molecule is CC.COc1ccccc1CN(C)CC(CNC(=O)COc1ccc(S(C)(=O)=O)cc1)Cc1c[nH]c2ccccc12. The van der Waals surface area contributed by atoms with Gasteiger partial charge >= 0.3 is 0 Å². The van der Waals surface area contributed by atoms with Gasteiger partial charge in [-0.3, -0.25) is 4.79 Å². The molecule has 0 saturated heterocycles. The highest BCUT2D eigenvalue weighted by molar-refractivity contribution is 7.90. The third-order valence-electron chi connectivity index (χ3n) is 6.60. The van der Waals surface area contributed by atoms with Gasteiger partial charge in [-0.2, -0.15) is 0 Å². The Morgan fingerprint density at radius 3 is 2.37 bits per heavy atom. The van der Waals surface area contributed by atoms with Crippen molar-refractivity contribution in [2.75, 3.05) is 40.1 Å². The zero-order valence-electron chi connectivity index (χ0n) is 24.5. The summed E-state index contributed by atoms with van der Waals surface area (Å²) in [7, 11) is 0.459. The van der Waals surface area contributed by atoms with Crippen LogP contribution in [-0.2, 0) is 27.6 Å². The van der Waals surface area contributed by atoms with Crippen LogP contribution in [0.15, 0.2) is 83.9 Å². The second kappa shape index (κ2) is 15.3. The van der Waals surface area contributed by atoms with E-state index >= 15 is 0 Å². The molecule has 4 rings (SSSR count). The quantitative estimate of drug-likeness (QED) is 0.229. The molecule has 220 valence electrons. The van der Waals surface area contributed by atoms with E-state index < -0.39 is 9.84 Å². The summed E-state index contributed by atoms with van der Waals surface area (Å²) in [5.41, 5.74) is 3.40. The molecule has 2 N–H and O–H groups in total. The highest BCUT2D eigenvalue weighted by Gasteiger charge is 2.18. The molecule has 0 aliphatic rings. The van der Waals surface area contributed by atoms with Gasteiger partial charge in [-0.05, 0) is 61.3 Å². The van der Waals surface area contributed by atoms with E-state index in [1.54, 1.807) is 19.2 Å². The van der Waals surface area contributed by atoms with Gasteiger partial charge < -0.3 is 24.7 Å². The number of H-pyrrole nitrogens is 1. The van der Waals surface area contributed by atoms with Gasteiger partial charge in [0.2, 0.25) is 0 Å². The van der Waals surface area contributed by atoms with E-state index in [2.05, 4.69) is 40.4 Å². The molecule has 1 atom stereocenters. The first-order chi connectivity index (χ1) is 19.7. The lowest BCUT2D eigenvalue weighted by Crippen LogP contribution is -2.38. The topological polar surface area (TPSA) is 101 Å². The minimum atomic E-state index is -3.29. The van der Waals surface area contributed by atoms with Gasteiger partial charge in [0.1, 0.15) is 11.5 Å². The molecule has 0 aliphatic carbocycles. The van der Waals surface area contributed by atoms with Crippen molar-refractivity contribution in [3.63, 3.8) is 0 Å². The number of carbonyl (C=O) groups excluding carboxylic acids is 1. The maximum absolute atomic E-state index is 12.7. The van der Waals surface area contributed by atoms with Crippen molar-refractivity contribution in [2.45, 2.75) is 31.7 Å². The summed E-state index contributed by atoms with van der Waals surface area (Å²) >= 11 is 0. The zero-order chi connectivity index (χ0) is 29.8. The molecule has 9 heteroatoms. The summed E-state index contributed by atoms with van der Waals surface area (Å²) in [6.07, 6.45) is 3.98. The van der Waals surface area contributed by atoms with E-state index in [1.165, 1.54) is 23.1 Å². The van der Waals surface area contributed by atoms with E-state index in [-0.39, 0.29) is 23.3 Å². The smallest absolute Gasteiger partial charge is 0.257 e. The molecule has 4 aromatic rings. The van der Waals surface area contributed by atoms with Crippen LogP contribution in [0.3, 0.4) is 0 Å². The number of fused-ring (bicyclic) bond motifs is 1. The van der Waals surface area contributed by atoms with E-state index in [9.17, 15) is 13.2 Å². The number of hydrogen-bond acceptors (Lipinski definition) is 6. The predicted molar refractivity (Wildman–Crippen MR) is 164 cm³/mol. The van der Waals surface area contributed by atoms with Crippen LogP contribution < -0.4 is 14.8 Å². The van der Waals surface area contributed by atoms with Crippen molar-refractivity contribution in [1.82, 2.24) is 15.2 Å². The second-order valence-electron chi connectivity index (χ2n) is 9.77. The Balaban J connectivity index is 0.00000226. The van der Waals surface area contributed by atoms with Crippen molar-refractivity contribution in [3.8, 4) is 11.5 Å². The highest BCUT2D eigenvalue weighted by Crippen LogP contribution is 2.23. The number of nitrogens with one attached hydrogen (secondary N) is 2. The number of hydrogen-bond donors (Lipinski definition) is 2. The van der Waals surface area contributed by atoms with Gasteiger partial charge in [0.15, 0.2) is 16.4 Å². The zero-order valence-corrected chi connectivity index (χ0v) is 25.3. The summed E-state index contributed by atoms with van der Waals surface area (Å²) in [6, 6.07) is 22.2. The van der Waals surface area contributed by atoms with E-state index in [4.69, 9.17) is 9.47 Å². The van der Waals surface area contributed by atoms with Crippen LogP contribution in [-0.4, -0.2) is 64.3 Å². The maximum atomic E-state index is 12.7. The Kier molecular flexibility index (Phi) is 11.8. The van der Waals surface area contributed by atoms with E-state index in [1.807, 2.05) is 50.4 Å². The molecular weight excluding hydrogens is 538 g/mol. The largest absolute Gasteiger partial charge is 0.496 e. The van der Waals surface area contributed by atoms with Crippen molar-refractivity contribution < 1.29 is 22.7 Å². The van der Waals surface area contributed by atoms with Crippen LogP contribution in [0.5, 0.6) is 11.5 Å². The normalized spacial score (nSPS) is 12.0. The van der Waals surface area contributed by atoms with Crippen molar-refractivity contribution in [3.05, 3.63) is 90.1 Å². The summed E-state index contributed by atoms with van der Waals surface area (Å²) < 4.78 is 34.4. The minimum absolute atomic E-state index is 0.141. The van der Waals surface area contributed by atoms with E-state index in [0.29, 0.717) is 12.3 Å². The van der Waals surface area contributed by atoms with Gasteiger partial charge in [-0.1, -0.05) is 50.2 Å². The molecule has 41 heavy (non-hydrogen) atoms. The average Bonchev–Trinajstić information content (AvgIpc) is 3.38. The van der Waals surface area contributed by atoms with Gasteiger partial charge in [0, 0.05) is 48.6 Å². The number of carbonyl (C=O) groups is 1. The third-order valence-corrected chi connectivity index (χ3v) is 7.72. The monoisotopic (exact) mass is 579 g/mol. The van der Waals surface area contributed by atoms with Crippen molar-refractivity contribution in [1.29, 1.82) is 0 Å². The predicted octanol–water partition coefficient (Wildman–Crippen LogP) is 5.09. The molecule has 0 saturated carbocycles. The Labute approximate surface area is 243 Å². The molecule has 1 heterocycles. The third kappa shape index (κ3) is 9.37. The molecule has 0 radical (unpaired) electrons. The number of amides is 1. The molecule has 1 unspecified atom stereocenters. The summed E-state index contributed by atoms with van der Waals surface area (Å²) in [5.74, 6) is 1.19. The van der Waals surface area contributed by atoms with Crippen molar-refractivity contribution >= 4 is 26.6 Å². The Morgan fingerprint density at radius 1 is 0.976 bits per heavy atom. The molecule has 0 fully saturated rings. The standard InChI is InChI=1S/C30H35N3O5S.C2H6/c1-33(20-23-8-4-7-11-29(23)37-2)19-22(16-24-18-31-28-10-6-5-9-27(24)28)17-32-30(34)21-38-25-12-14-26(15-13-25)39(3,35)36;1-2/h4-15,18,22,31H,16-17,19-21H2,1-3H3,(H,32,34);1-2H3. The lowest BCUT2D eigenvalue weighted by Gasteiger charge is -2.25. The van der Waals surface area contributed by atoms with Crippen molar-refractivity contribution in [2.24, 2.45) is 5.92 Å². The molecule has 1 aromatic heterocycles. The maximum Gasteiger partial charge on any atom is 0.257 e. The number of benzene rings is 3. The number of nitrogens with zero attached hydrogens (tertiary/aromatic N) is 1. The van der Waals surface area contributed by atoms with Gasteiger partial charge in [0.05, 0.1) is 12.0 Å². The Morgan fingerprint density at radius 2 is 1.66 bits per heavy atom. The van der Waals surface area contributed by atoms with Crippen LogP contribution in [0, 0.1) is 5.92 Å². The van der Waals surface area contributed by atoms with E-state index in [0.717, 1.165) is 42.6 Å².